The number of fused-ring (bicyclic) bond motifs is 2. The first kappa shape index (κ1) is 12.3. The van der Waals surface area contributed by atoms with E-state index in [0.29, 0.717) is 16.9 Å². The van der Waals surface area contributed by atoms with E-state index in [4.69, 9.17) is 14.9 Å². The summed E-state index contributed by atoms with van der Waals surface area (Å²) in [6, 6.07) is 19.0. The molecule has 0 saturated carbocycles. The molecule has 0 bridgehead atoms. The standard InChI is InChI=1S/C18H9N3O/c19-9-11-1-3-15-13(5-11)7-16(21-15)18-8-14-6-12(10-20)2-4-17(14)22-18/h1-8,21H. The number of furan rings is 1. The Bertz CT molecular complexity index is 1010. The van der Waals surface area contributed by atoms with E-state index in [-0.39, 0.29) is 0 Å². The summed E-state index contributed by atoms with van der Waals surface area (Å²) in [6.45, 7) is 0. The molecule has 0 aliphatic carbocycles. The molecule has 0 spiro atoms. The average Bonchev–Trinajstić information content (AvgIpc) is 3.16. The number of aromatic nitrogens is 1. The fraction of sp³-hybridized carbons (Fsp3) is 0. The van der Waals surface area contributed by atoms with Crippen molar-refractivity contribution in [3.8, 4) is 23.6 Å². The molecule has 2 heterocycles. The van der Waals surface area contributed by atoms with E-state index in [1.807, 2.05) is 24.3 Å². The molecule has 0 unspecified atom stereocenters. The molecule has 4 aromatic rings. The second kappa shape index (κ2) is 4.51. The first-order chi connectivity index (χ1) is 10.8. The Balaban J connectivity index is 1.87. The summed E-state index contributed by atoms with van der Waals surface area (Å²) in [7, 11) is 0. The highest BCUT2D eigenvalue weighted by molar-refractivity contribution is 5.89. The predicted octanol–water partition coefficient (Wildman–Crippen LogP) is 4.32. The van der Waals surface area contributed by atoms with Gasteiger partial charge >= 0.3 is 0 Å². The van der Waals surface area contributed by atoms with Gasteiger partial charge in [0.2, 0.25) is 0 Å². The first-order valence-corrected chi connectivity index (χ1v) is 6.74. The maximum Gasteiger partial charge on any atom is 0.151 e. The van der Waals surface area contributed by atoms with Gasteiger partial charge in [-0.3, -0.25) is 0 Å². The number of rotatable bonds is 1. The van der Waals surface area contributed by atoms with Crippen molar-refractivity contribution in [2.45, 2.75) is 0 Å². The van der Waals surface area contributed by atoms with Crippen molar-refractivity contribution in [2.24, 2.45) is 0 Å². The van der Waals surface area contributed by atoms with Crippen molar-refractivity contribution in [3.63, 3.8) is 0 Å². The van der Waals surface area contributed by atoms with Crippen LogP contribution in [0.2, 0.25) is 0 Å². The second-order valence-electron chi connectivity index (χ2n) is 5.07. The Hall–Kier alpha value is -3.50. The van der Waals surface area contributed by atoms with Gasteiger partial charge in [0.05, 0.1) is 29.0 Å². The smallest absolute Gasteiger partial charge is 0.151 e. The molecule has 2 aromatic carbocycles. The van der Waals surface area contributed by atoms with Gasteiger partial charge in [0.15, 0.2) is 5.76 Å². The van der Waals surface area contributed by atoms with Crippen molar-refractivity contribution < 1.29 is 4.42 Å². The summed E-state index contributed by atoms with van der Waals surface area (Å²) in [5.74, 6) is 0.708. The van der Waals surface area contributed by atoms with Gasteiger partial charge in [-0.05, 0) is 48.5 Å². The third-order valence-corrected chi connectivity index (χ3v) is 3.66. The van der Waals surface area contributed by atoms with E-state index in [9.17, 15) is 0 Å². The Kier molecular flexibility index (Phi) is 2.51. The number of nitrogens with one attached hydrogen (secondary N) is 1. The van der Waals surface area contributed by atoms with E-state index in [1.54, 1.807) is 24.3 Å². The van der Waals surface area contributed by atoms with Gasteiger partial charge in [0.25, 0.3) is 0 Å². The SMILES string of the molecule is N#Cc1ccc2[nH]c(-c3cc4cc(C#N)ccc4o3)cc2c1. The van der Waals surface area contributed by atoms with E-state index in [2.05, 4.69) is 17.1 Å². The van der Waals surface area contributed by atoms with E-state index in [1.165, 1.54) is 0 Å². The fourth-order valence-corrected chi connectivity index (χ4v) is 2.58. The number of H-pyrrole nitrogens is 1. The van der Waals surface area contributed by atoms with Crippen molar-refractivity contribution in [1.82, 2.24) is 4.98 Å². The van der Waals surface area contributed by atoms with Crippen molar-refractivity contribution >= 4 is 21.9 Å². The molecule has 0 aliphatic rings. The number of aromatic amines is 1. The third-order valence-electron chi connectivity index (χ3n) is 3.66. The van der Waals surface area contributed by atoms with Crippen LogP contribution in [-0.2, 0) is 0 Å². The predicted molar refractivity (Wildman–Crippen MR) is 82.9 cm³/mol. The molecule has 22 heavy (non-hydrogen) atoms. The fourth-order valence-electron chi connectivity index (χ4n) is 2.58. The van der Waals surface area contributed by atoms with Crippen molar-refractivity contribution in [1.29, 1.82) is 10.5 Å². The molecule has 1 N–H and O–H groups in total. The second-order valence-corrected chi connectivity index (χ2v) is 5.07. The summed E-state index contributed by atoms with van der Waals surface area (Å²) in [4.78, 5) is 3.28. The molecule has 0 amide bonds. The Morgan fingerprint density at radius 1 is 0.818 bits per heavy atom. The van der Waals surface area contributed by atoms with Gasteiger partial charge in [-0.15, -0.1) is 0 Å². The van der Waals surface area contributed by atoms with Crippen LogP contribution in [0.3, 0.4) is 0 Å². The van der Waals surface area contributed by atoms with Crippen LogP contribution in [0, 0.1) is 22.7 Å². The maximum atomic E-state index is 8.96. The van der Waals surface area contributed by atoms with Gasteiger partial charge in [-0.1, -0.05) is 0 Å². The summed E-state index contributed by atoms with van der Waals surface area (Å²) >= 11 is 0. The van der Waals surface area contributed by atoms with Crippen molar-refractivity contribution in [3.05, 3.63) is 59.7 Å². The lowest BCUT2D eigenvalue weighted by Crippen LogP contribution is -1.73. The van der Waals surface area contributed by atoms with Gasteiger partial charge in [-0.2, -0.15) is 10.5 Å². The van der Waals surface area contributed by atoms with Gasteiger partial charge in [0, 0.05) is 16.3 Å². The van der Waals surface area contributed by atoms with Crippen LogP contribution in [0.25, 0.3) is 33.3 Å². The van der Waals surface area contributed by atoms with Gasteiger partial charge in [-0.25, -0.2) is 0 Å². The Morgan fingerprint density at radius 2 is 1.55 bits per heavy atom. The molecule has 2 aromatic heterocycles. The highest BCUT2D eigenvalue weighted by atomic mass is 16.3. The lowest BCUT2D eigenvalue weighted by atomic mass is 10.1. The highest BCUT2D eigenvalue weighted by Crippen LogP contribution is 2.30. The van der Waals surface area contributed by atoms with Crippen molar-refractivity contribution in [2.75, 3.05) is 0 Å². The van der Waals surface area contributed by atoms with Gasteiger partial charge in [0.1, 0.15) is 5.58 Å². The third kappa shape index (κ3) is 1.83. The van der Waals surface area contributed by atoms with Crippen LogP contribution >= 0.6 is 0 Å². The zero-order chi connectivity index (χ0) is 15.1. The summed E-state index contributed by atoms with van der Waals surface area (Å²) in [5.41, 5.74) is 3.77. The summed E-state index contributed by atoms with van der Waals surface area (Å²) in [5, 5.41) is 19.8. The molecule has 4 rings (SSSR count). The molecular weight excluding hydrogens is 274 g/mol. The zero-order valence-corrected chi connectivity index (χ0v) is 11.4. The maximum absolute atomic E-state index is 8.96. The minimum Gasteiger partial charge on any atom is -0.455 e. The van der Waals surface area contributed by atoms with Crippen LogP contribution in [0.4, 0.5) is 0 Å². The number of nitriles is 2. The number of benzene rings is 2. The Labute approximate surface area is 125 Å². The summed E-state index contributed by atoms with van der Waals surface area (Å²) < 4.78 is 5.83. The van der Waals surface area contributed by atoms with E-state index < -0.39 is 0 Å². The first-order valence-electron chi connectivity index (χ1n) is 6.74. The molecular formula is C18H9N3O. The molecule has 0 saturated heterocycles. The largest absolute Gasteiger partial charge is 0.455 e. The normalized spacial score (nSPS) is 10.6. The minimum absolute atomic E-state index is 0.607. The summed E-state index contributed by atoms with van der Waals surface area (Å²) in [6.07, 6.45) is 0. The van der Waals surface area contributed by atoms with Crippen LogP contribution in [-0.4, -0.2) is 4.98 Å². The Morgan fingerprint density at radius 3 is 2.32 bits per heavy atom. The molecule has 0 fully saturated rings. The van der Waals surface area contributed by atoms with Gasteiger partial charge < -0.3 is 9.40 Å². The van der Waals surface area contributed by atoms with Crippen LogP contribution in [0.5, 0.6) is 0 Å². The monoisotopic (exact) mass is 283 g/mol. The topological polar surface area (TPSA) is 76.5 Å². The number of hydrogen-bond acceptors (Lipinski definition) is 3. The highest BCUT2D eigenvalue weighted by Gasteiger charge is 2.10. The number of nitrogens with zero attached hydrogens (tertiary/aromatic N) is 2. The zero-order valence-electron chi connectivity index (χ0n) is 11.4. The molecule has 4 nitrogen and oxygen atoms in total. The molecule has 102 valence electrons. The minimum atomic E-state index is 0.607. The lowest BCUT2D eigenvalue weighted by Gasteiger charge is -1.90. The van der Waals surface area contributed by atoms with Crippen LogP contribution in [0.1, 0.15) is 11.1 Å². The average molecular weight is 283 g/mol. The quantitative estimate of drug-likeness (QED) is 0.565. The van der Waals surface area contributed by atoms with E-state index >= 15 is 0 Å². The van der Waals surface area contributed by atoms with Crippen LogP contribution < -0.4 is 0 Å². The lowest BCUT2D eigenvalue weighted by molar-refractivity contribution is 0.629. The molecule has 4 heteroatoms. The van der Waals surface area contributed by atoms with Crippen LogP contribution in [0.15, 0.2) is 52.9 Å². The molecule has 0 atom stereocenters. The molecule has 0 radical (unpaired) electrons. The molecule has 0 aliphatic heterocycles. The number of hydrogen-bond donors (Lipinski definition) is 1. The van der Waals surface area contributed by atoms with E-state index in [0.717, 1.165) is 27.6 Å².